The number of nitrogens with one attached hydrogen (secondary N) is 1. The highest BCUT2D eigenvalue weighted by Crippen LogP contribution is 2.12. The first-order valence-corrected chi connectivity index (χ1v) is 8.38. The molecule has 1 saturated heterocycles. The van der Waals surface area contributed by atoms with Crippen molar-refractivity contribution in [2.75, 3.05) is 26.3 Å². The topological polar surface area (TPSA) is 58.6 Å². The quantitative estimate of drug-likeness (QED) is 0.861. The zero-order valence-corrected chi connectivity index (χ0v) is 14.3. The number of ether oxygens (including phenoxy) is 1. The van der Waals surface area contributed by atoms with E-state index in [0.717, 1.165) is 5.56 Å². The van der Waals surface area contributed by atoms with Crippen LogP contribution in [-0.4, -0.2) is 49.1 Å². The molecule has 1 heterocycles. The van der Waals surface area contributed by atoms with Crippen molar-refractivity contribution >= 4 is 11.8 Å². The second-order valence-electron chi connectivity index (χ2n) is 6.24. The molecule has 0 spiro atoms. The third kappa shape index (κ3) is 5.30. The van der Waals surface area contributed by atoms with Crippen LogP contribution in [0.2, 0.25) is 0 Å². The molecule has 1 aromatic carbocycles. The second-order valence-corrected chi connectivity index (χ2v) is 6.24. The first kappa shape index (κ1) is 18.4. The molecule has 1 aromatic rings. The average Bonchev–Trinajstić information content (AvgIpc) is 2.59. The van der Waals surface area contributed by atoms with Gasteiger partial charge in [-0.3, -0.25) is 9.59 Å². The van der Waals surface area contributed by atoms with E-state index >= 15 is 0 Å². The third-order valence-electron chi connectivity index (χ3n) is 4.25. The van der Waals surface area contributed by atoms with E-state index in [4.69, 9.17) is 4.74 Å². The summed E-state index contributed by atoms with van der Waals surface area (Å²) in [7, 11) is 0. The van der Waals surface area contributed by atoms with Crippen LogP contribution in [0, 0.1) is 11.7 Å². The molecule has 132 valence electrons. The number of halogens is 1. The minimum absolute atomic E-state index is 0.0796. The van der Waals surface area contributed by atoms with Crippen LogP contribution in [0.3, 0.4) is 0 Å². The van der Waals surface area contributed by atoms with E-state index in [1.807, 2.05) is 13.0 Å². The molecule has 0 radical (unpaired) electrons. The summed E-state index contributed by atoms with van der Waals surface area (Å²) in [4.78, 5) is 26.2. The number of nitrogens with zero attached hydrogens (tertiary/aromatic N) is 1. The third-order valence-corrected chi connectivity index (χ3v) is 4.25. The fourth-order valence-electron chi connectivity index (χ4n) is 2.68. The molecule has 2 rings (SSSR count). The van der Waals surface area contributed by atoms with Crippen molar-refractivity contribution < 1.29 is 18.7 Å². The fourth-order valence-corrected chi connectivity index (χ4v) is 2.68. The van der Waals surface area contributed by atoms with Crippen molar-refractivity contribution in [1.29, 1.82) is 0 Å². The molecule has 0 saturated carbocycles. The van der Waals surface area contributed by atoms with Crippen molar-refractivity contribution in [2.45, 2.75) is 32.7 Å². The molecule has 6 heteroatoms. The number of rotatable bonds is 6. The molecule has 0 unspecified atom stereocenters. The largest absolute Gasteiger partial charge is 0.378 e. The highest BCUT2D eigenvalue weighted by Gasteiger charge is 2.25. The first-order chi connectivity index (χ1) is 11.5. The van der Waals surface area contributed by atoms with E-state index in [1.54, 1.807) is 17.9 Å². The van der Waals surface area contributed by atoms with Crippen molar-refractivity contribution in [3.8, 4) is 0 Å². The Hall–Kier alpha value is -1.95. The molecule has 1 aliphatic rings. The van der Waals surface area contributed by atoms with Crippen LogP contribution in [0.15, 0.2) is 24.3 Å². The molecule has 0 bridgehead atoms. The summed E-state index contributed by atoms with van der Waals surface area (Å²) in [5.74, 6) is -0.743. The van der Waals surface area contributed by atoms with Gasteiger partial charge in [-0.15, -0.1) is 0 Å². The first-order valence-electron chi connectivity index (χ1n) is 8.38. The molecule has 2 amide bonds. The van der Waals surface area contributed by atoms with Crippen LogP contribution in [0.1, 0.15) is 25.8 Å². The number of carbonyl (C=O) groups excluding carboxylic acids is 2. The summed E-state index contributed by atoms with van der Waals surface area (Å²) in [6.45, 7) is 5.73. The molecule has 1 fully saturated rings. The molecule has 0 aromatic heterocycles. The van der Waals surface area contributed by atoms with Gasteiger partial charge >= 0.3 is 0 Å². The van der Waals surface area contributed by atoms with Gasteiger partial charge in [-0.1, -0.05) is 19.1 Å². The maximum absolute atomic E-state index is 13.2. The van der Waals surface area contributed by atoms with Crippen LogP contribution in [0.5, 0.6) is 0 Å². The Kier molecular flexibility index (Phi) is 6.73. The minimum atomic E-state index is -0.549. The Morgan fingerprint density at radius 2 is 2.00 bits per heavy atom. The Balaban J connectivity index is 1.78. The van der Waals surface area contributed by atoms with E-state index in [-0.39, 0.29) is 23.5 Å². The number of hydrogen-bond donors (Lipinski definition) is 1. The molecule has 1 N–H and O–H groups in total. The van der Waals surface area contributed by atoms with E-state index < -0.39 is 6.04 Å². The monoisotopic (exact) mass is 336 g/mol. The Bertz CT molecular complexity index is 573. The van der Waals surface area contributed by atoms with Crippen molar-refractivity contribution in [3.05, 3.63) is 35.6 Å². The molecule has 1 aliphatic heterocycles. The van der Waals surface area contributed by atoms with E-state index in [0.29, 0.717) is 39.1 Å². The fraction of sp³-hybridized carbons (Fsp3) is 0.556. The molecule has 5 nitrogen and oxygen atoms in total. The predicted octanol–water partition coefficient (Wildman–Crippen LogP) is 1.76. The Labute approximate surface area is 142 Å². The van der Waals surface area contributed by atoms with E-state index in [1.165, 1.54) is 12.1 Å². The average molecular weight is 336 g/mol. The molecular formula is C18H25FN2O3. The second kappa shape index (κ2) is 8.78. The Morgan fingerprint density at radius 3 is 2.67 bits per heavy atom. The summed E-state index contributed by atoms with van der Waals surface area (Å²) in [6, 6.07) is 5.84. The summed E-state index contributed by atoms with van der Waals surface area (Å²) in [6.07, 6.45) is 1.23. The number of hydrogen-bond acceptors (Lipinski definition) is 3. The van der Waals surface area contributed by atoms with Crippen molar-refractivity contribution in [1.82, 2.24) is 10.2 Å². The lowest BCUT2D eigenvalue weighted by Crippen LogP contribution is -2.51. The number of aryl methyl sites for hydroxylation is 1. The van der Waals surface area contributed by atoms with Crippen LogP contribution in [0.4, 0.5) is 4.39 Å². The zero-order valence-electron chi connectivity index (χ0n) is 14.3. The number of amides is 2. The maximum atomic E-state index is 13.2. The standard InChI is InChI=1S/C18H25FN2O3/c1-13(6-7-15-4-3-5-16(19)12-15)17(22)20-14(2)18(23)21-8-10-24-11-9-21/h3-5,12-14H,6-11H2,1-2H3,(H,20,22)/t13-,14-/m1/s1. The SMILES string of the molecule is C[C@H](CCc1cccc(F)c1)C(=O)N[C@H](C)C(=O)N1CCOCC1. The number of morpholine rings is 1. The maximum Gasteiger partial charge on any atom is 0.245 e. The molecule has 2 atom stereocenters. The summed E-state index contributed by atoms with van der Waals surface area (Å²) in [5, 5.41) is 2.78. The molecule has 24 heavy (non-hydrogen) atoms. The lowest BCUT2D eigenvalue weighted by atomic mass is 10.00. The Morgan fingerprint density at radius 1 is 1.29 bits per heavy atom. The highest BCUT2D eigenvalue weighted by molar-refractivity contribution is 5.88. The van der Waals surface area contributed by atoms with Gasteiger partial charge in [-0.2, -0.15) is 0 Å². The smallest absolute Gasteiger partial charge is 0.245 e. The van der Waals surface area contributed by atoms with Gasteiger partial charge in [0.25, 0.3) is 0 Å². The van der Waals surface area contributed by atoms with Crippen LogP contribution in [0.25, 0.3) is 0 Å². The number of benzene rings is 1. The van der Waals surface area contributed by atoms with Gasteiger partial charge in [0.2, 0.25) is 11.8 Å². The van der Waals surface area contributed by atoms with Gasteiger partial charge in [0.15, 0.2) is 0 Å². The van der Waals surface area contributed by atoms with Gasteiger partial charge in [0.05, 0.1) is 13.2 Å². The normalized spacial score (nSPS) is 17.2. The van der Waals surface area contributed by atoms with Gasteiger partial charge in [-0.05, 0) is 37.5 Å². The molecule has 0 aliphatic carbocycles. The van der Waals surface area contributed by atoms with Gasteiger partial charge in [-0.25, -0.2) is 4.39 Å². The predicted molar refractivity (Wildman–Crippen MR) is 88.9 cm³/mol. The lowest BCUT2D eigenvalue weighted by Gasteiger charge is -2.29. The van der Waals surface area contributed by atoms with Crippen molar-refractivity contribution in [3.63, 3.8) is 0 Å². The van der Waals surface area contributed by atoms with Gasteiger partial charge in [0, 0.05) is 19.0 Å². The number of carbonyl (C=O) groups is 2. The van der Waals surface area contributed by atoms with Gasteiger partial charge < -0.3 is 15.0 Å². The lowest BCUT2D eigenvalue weighted by molar-refractivity contribution is -0.140. The minimum Gasteiger partial charge on any atom is -0.378 e. The highest BCUT2D eigenvalue weighted by atomic mass is 19.1. The molecular weight excluding hydrogens is 311 g/mol. The van der Waals surface area contributed by atoms with E-state index in [2.05, 4.69) is 5.32 Å². The summed E-state index contributed by atoms with van der Waals surface area (Å²) >= 11 is 0. The van der Waals surface area contributed by atoms with Crippen molar-refractivity contribution in [2.24, 2.45) is 5.92 Å². The zero-order chi connectivity index (χ0) is 17.5. The van der Waals surface area contributed by atoms with Crippen LogP contribution >= 0.6 is 0 Å². The van der Waals surface area contributed by atoms with Gasteiger partial charge in [0.1, 0.15) is 11.9 Å². The van der Waals surface area contributed by atoms with E-state index in [9.17, 15) is 14.0 Å². The summed E-state index contributed by atoms with van der Waals surface area (Å²) < 4.78 is 18.4. The van der Waals surface area contributed by atoms with Crippen LogP contribution < -0.4 is 5.32 Å². The summed E-state index contributed by atoms with van der Waals surface area (Å²) in [5.41, 5.74) is 0.868. The van der Waals surface area contributed by atoms with Crippen LogP contribution in [-0.2, 0) is 20.7 Å².